The molecule has 1 aromatic heterocycles. The molecule has 2 heterocycles. The molecule has 4 nitrogen and oxygen atoms in total. The zero-order valence-corrected chi connectivity index (χ0v) is 11.6. The number of aldehydes is 1. The number of cyclic esters (lactones) is 1. The van der Waals surface area contributed by atoms with Crippen LogP contribution in [0.2, 0.25) is 0 Å². The molecule has 0 fully saturated rings. The zero-order valence-electron chi connectivity index (χ0n) is 11.6. The number of aromatic nitrogens is 1. The van der Waals surface area contributed by atoms with E-state index >= 15 is 0 Å². The molecule has 0 amide bonds. The van der Waals surface area contributed by atoms with Crippen LogP contribution in [0.3, 0.4) is 0 Å². The summed E-state index contributed by atoms with van der Waals surface area (Å²) in [6.07, 6.45) is 0.741. The minimum Gasteiger partial charge on any atom is -0.457 e. The highest BCUT2D eigenvalue weighted by Crippen LogP contribution is 2.28. The number of esters is 1. The highest BCUT2D eigenvalue weighted by molar-refractivity contribution is 5.94. The number of pyridine rings is 1. The van der Waals surface area contributed by atoms with Gasteiger partial charge < -0.3 is 4.74 Å². The zero-order chi connectivity index (χ0) is 15.1. The van der Waals surface area contributed by atoms with Crippen LogP contribution in [-0.2, 0) is 11.3 Å². The first-order valence-electron chi connectivity index (χ1n) is 6.91. The van der Waals surface area contributed by atoms with Crippen molar-refractivity contribution in [3.8, 4) is 11.1 Å². The van der Waals surface area contributed by atoms with Crippen molar-refractivity contribution in [3.63, 3.8) is 0 Å². The molecule has 106 valence electrons. The smallest absolute Gasteiger partial charge is 0.338 e. The molecular weight excluding hydrogens is 278 g/mol. The number of carbonyl (C=O) groups is 2. The van der Waals surface area contributed by atoms with Gasteiger partial charge in [-0.25, -0.2) is 9.78 Å². The molecule has 0 saturated heterocycles. The fourth-order valence-electron chi connectivity index (χ4n) is 2.69. The first kappa shape index (κ1) is 12.7. The highest BCUT2D eigenvalue weighted by atomic mass is 16.5. The monoisotopic (exact) mass is 289 g/mol. The average molecular weight is 289 g/mol. The SMILES string of the molecule is O=Cc1ccc2ccc(-c3ccc4c(c3)COC4=O)cc2n1. The molecule has 3 aromatic rings. The molecule has 0 saturated carbocycles. The Bertz CT molecular complexity index is 931. The number of hydrogen-bond acceptors (Lipinski definition) is 4. The fraction of sp³-hybridized carbons (Fsp3) is 0.0556. The Kier molecular flexibility index (Phi) is 2.76. The first-order valence-corrected chi connectivity index (χ1v) is 6.91. The van der Waals surface area contributed by atoms with E-state index in [-0.39, 0.29) is 5.97 Å². The van der Waals surface area contributed by atoms with Crippen molar-refractivity contribution in [1.82, 2.24) is 4.98 Å². The molecule has 4 rings (SSSR count). The Morgan fingerprint density at radius 1 is 1.00 bits per heavy atom. The van der Waals surface area contributed by atoms with Gasteiger partial charge >= 0.3 is 5.97 Å². The maximum atomic E-state index is 11.5. The number of nitrogens with zero attached hydrogens (tertiary/aromatic N) is 1. The van der Waals surface area contributed by atoms with Crippen molar-refractivity contribution in [2.75, 3.05) is 0 Å². The van der Waals surface area contributed by atoms with Crippen LogP contribution in [0.25, 0.3) is 22.0 Å². The normalized spacial score (nSPS) is 13.0. The third kappa shape index (κ3) is 1.97. The van der Waals surface area contributed by atoms with Gasteiger partial charge in [0.2, 0.25) is 0 Å². The van der Waals surface area contributed by atoms with Crippen LogP contribution in [0.5, 0.6) is 0 Å². The standard InChI is InChI=1S/C18H11NO3/c20-9-15-5-3-11-1-2-13(8-17(11)19-15)12-4-6-16-14(7-12)10-22-18(16)21/h1-9H,10H2. The molecule has 0 aliphatic carbocycles. The van der Waals surface area contributed by atoms with Crippen LogP contribution in [0.15, 0.2) is 48.5 Å². The predicted octanol–water partition coefficient (Wildman–Crippen LogP) is 3.38. The Morgan fingerprint density at radius 3 is 2.64 bits per heavy atom. The summed E-state index contributed by atoms with van der Waals surface area (Å²) in [6.45, 7) is 0.323. The molecule has 0 bridgehead atoms. The second-order valence-electron chi connectivity index (χ2n) is 5.21. The van der Waals surface area contributed by atoms with Gasteiger partial charge in [-0.05, 0) is 35.4 Å². The Morgan fingerprint density at radius 2 is 1.77 bits per heavy atom. The van der Waals surface area contributed by atoms with Crippen molar-refractivity contribution < 1.29 is 14.3 Å². The molecule has 4 heteroatoms. The van der Waals surface area contributed by atoms with Gasteiger partial charge in [0, 0.05) is 10.9 Å². The molecule has 1 aliphatic rings. The van der Waals surface area contributed by atoms with Gasteiger partial charge in [-0.3, -0.25) is 4.79 Å². The second kappa shape index (κ2) is 4.77. The Hall–Kier alpha value is -3.01. The summed E-state index contributed by atoms with van der Waals surface area (Å²) in [7, 11) is 0. The van der Waals surface area contributed by atoms with Gasteiger partial charge in [0.15, 0.2) is 6.29 Å². The molecule has 0 spiro atoms. The molecule has 0 unspecified atom stereocenters. The summed E-state index contributed by atoms with van der Waals surface area (Å²) in [6, 6.07) is 15.2. The lowest BCUT2D eigenvalue weighted by Crippen LogP contribution is -1.93. The van der Waals surface area contributed by atoms with Crippen molar-refractivity contribution in [2.45, 2.75) is 6.61 Å². The lowest BCUT2D eigenvalue weighted by atomic mass is 9.99. The summed E-state index contributed by atoms with van der Waals surface area (Å²) in [4.78, 5) is 26.7. The van der Waals surface area contributed by atoms with Crippen LogP contribution >= 0.6 is 0 Å². The van der Waals surface area contributed by atoms with E-state index in [1.54, 1.807) is 12.1 Å². The maximum Gasteiger partial charge on any atom is 0.338 e. The van der Waals surface area contributed by atoms with Crippen LogP contribution in [0.1, 0.15) is 26.4 Å². The lowest BCUT2D eigenvalue weighted by molar-refractivity contribution is 0.0535. The van der Waals surface area contributed by atoms with Crippen molar-refractivity contribution in [3.05, 3.63) is 65.4 Å². The number of ether oxygens (including phenoxy) is 1. The number of hydrogen-bond donors (Lipinski definition) is 0. The predicted molar refractivity (Wildman–Crippen MR) is 81.7 cm³/mol. The summed E-state index contributed by atoms with van der Waals surface area (Å²) in [5, 5.41) is 0.981. The minimum absolute atomic E-state index is 0.266. The van der Waals surface area contributed by atoms with E-state index in [9.17, 15) is 9.59 Å². The van der Waals surface area contributed by atoms with Gasteiger partial charge in [-0.1, -0.05) is 24.3 Å². The van der Waals surface area contributed by atoms with E-state index in [2.05, 4.69) is 4.98 Å². The second-order valence-corrected chi connectivity index (χ2v) is 5.21. The summed E-state index contributed by atoms with van der Waals surface area (Å²) >= 11 is 0. The molecule has 0 atom stereocenters. The third-order valence-corrected chi connectivity index (χ3v) is 3.85. The number of rotatable bonds is 2. The van der Waals surface area contributed by atoms with Crippen LogP contribution in [-0.4, -0.2) is 17.2 Å². The third-order valence-electron chi connectivity index (χ3n) is 3.85. The Labute approximate surface area is 126 Å². The van der Waals surface area contributed by atoms with E-state index < -0.39 is 0 Å². The van der Waals surface area contributed by atoms with Crippen LogP contribution in [0.4, 0.5) is 0 Å². The Balaban J connectivity index is 1.84. The lowest BCUT2D eigenvalue weighted by Gasteiger charge is -2.05. The van der Waals surface area contributed by atoms with Crippen molar-refractivity contribution in [2.24, 2.45) is 0 Å². The molecule has 2 aromatic carbocycles. The summed E-state index contributed by atoms with van der Waals surface area (Å²) < 4.78 is 5.02. The highest BCUT2D eigenvalue weighted by Gasteiger charge is 2.21. The van der Waals surface area contributed by atoms with E-state index in [1.807, 2.05) is 36.4 Å². The van der Waals surface area contributed by atoms with E-state index in [0.29, 0.717) is 17.9 Å². The van der Waals surface area contributed by atoms with Gasteiger partial charge in [0.05, 0.1) is 11.1 Å². The number of fused-ring (bicyclic) bond motifs is 2. The first-order chi connectivity index (χ1) is 10.7. The maximum absolute atomic E-state index is 11.5. The number of benzene rings is 2. The van der Waals surface area contributed by atoms with Crippen LogP contribution in [0, 0.1) is 0 Å². The molecule has 0 radical (unpaired) electrons. The molecule has 0 N–H and O–H groups in total. The van der Waals surface area contributed by atoms with Gasteiger partial charge in [0.25, 0.3) is 0 Å². The van der Waals surface area contributed by atoms with E-state index in [0.717, 1.165) is 33.9 Å². The van der Waals surface area contributed by atoms with Crippen molar-refractivity contribution in [1.29, 1.82) is 0 Å². The van der Waals surface area contributed by atoms with E-state index in [4.69, 9.17) is 4.74 Å². The van der Waals surface area contributed by atoms with Gasteiger partial charge in [0.1, 0.15) is 12.3 Å². The van der Waals surface area contributed by atoms with Gasteiger partial charge in [-0.2, -0.15) is 0 Å². The fourth-order valence-corrected chi connectivity index (χ4v) is 2.69. The molecule has 22 heavy (non-hydrogen) atoms. The molecular formula is C18H11NO3. The molecule has 1 aliphatic heterocycles. The van der Waals surface area contributed by atoms with E-state index in [1.165, 1.54) is 0 Å². The number of carbonyl (C=O) groups excluding carboxylic acids is 2. The van der Waals surface area contributed by atoms with Crippen LogP contribution < -0.4 is 0 Å². The topological polar surface area (TPSA) is 56.3 Å². The van der Waals surface area contributed by atoms with Gasteiger partial charge in [-0.15, -0.1) is 0 Å². The van der Waals surface area contributed by atoms with Crippen molar-refractivity contribution >= 4 is 23.2 Å². The largest absolute Gasteiger partial charge is 0.457 e. The summed E-state index contributed by atoms with van der Waals surface area (Å²) in [5.74, 6) is -0.266. The quantitative estimate of drug-likeness (QED) is 0.536. The average Bonchev–Trinajstić information content (AvgIpc) is 2.94. The summed E-state index contributed by atoms with van der Waals surface area (Å²) in [5.41, 5.74) is 4.71. The minimum atomic E-state index is -0.266.